The summed E-state index contributed by atoms with van der Waals surface area (Å²) in [6, 6.07) is 3.97. The zero-order valence-corrected chi connectivity index (χ0v) is 9.86. The highest BCUT2D eigenvalue weighted by atomic mass is 16.5. The Bertz CT molecular complexity index is 304. The Morgan fingerprint density at radius 1 is 1.44 bits per heavy atom. The van der Waals surface area contributed by atoms with Crippen LogP contribution in [-0.4, -0.2) is 33.0 Å². The predicted molar refractivity (Wildman–Crippen MR) is 60.3 cm³/mol. The number of furan rings is 1. The maximum Gasteiger partial charge on any atom is 0.123 e. The maximum atomic E-state index is 5.75. The molecule has 0 saturated carbocycles. The summed E-state index contributed by atoms with van der Waals surface area (Å²) in [5, 5.41) is 3.29. The van der Waals surface area contributed by atoms with Crippen LogP contribution >= 0.6 is 0 Å². The van der Waals surface area contributed by atoms with Crippen LogP contribution < -0.4 is 5.32 Å². The van der Waals surface area contributed by atoms with Crippen LogP contribution in [0.3, 0.4) is 0 Å². The summed E-state index contributed by atoms with van der Waals surface area (Å²) in [5.41, 5.74) is -0.217. The van der Waals surface area contributed by atoms with E-state index in [1.165, 1.54) is 0 Å². The van der Waals surface area contributed by atoms with E-state index in [1.807, 2.05) is 19.2 Å². The van der Waals surface area contributed by atoms with E-state index >= 15 is 0 Å². The zero-order chi connectivity index (χ0) is 11.4. The molecule has 4 heteroatoms. The van der Waals surface area contributed by atoms with Gasteiger partial charge in [0.1, 0.15) is 5.76 Å². The van der Waals surface area contributed by atoms with Gasteiger partial charge in [0.15, 0.2) is 0 Å². The molecule has 1 aromatic heterocycles. The molecule has 0 aromatic carbocycles. The Morgan fingerprint density at radius 3 is 2.69 bits per heavy atom. The largest absolute Gasteiger partial charge is 0.468 e. The Labute approximate surface area is 95.9 Å². The molecule has 0 radical (unpaired) electrons. The van der Waals surface area contributed by atoms with Crippen LogP contribution in [0.5, 0.6) is 0 Å². The van der Waals surface area contributed by atoms with E-state index in [4.69, 9.17) is 13.9 Å². The first-order valence-electron chi connectivity index (χ1n) is 5.66. The molecule has 1 aromatic rings. The first-order chi connectivity index (χ1) is 7.82. The molecule has 0 amide bonds. The van der Waals surface area contributed by atoms with E-state index in [2.05, 4.69) is 5.32 Å². The first-order valence-corrected chi connectivity index (χ1v) is 5.66. The van der Waals surface area contributed by atoms with Crippen LogP contribution in [0.4, 0.5) is 0 Å². The van der Waals surface area contributed by atoms with E-state index in [-0.39, 0.29) is 11.6 Å². The number of likely N-dealkylation sites (N-methyl/N-ethyl adjacent to an activating group) is 1. The molecule has 1 fully saturated rings. The fraction of sp³-hybridized carbons (Fsp3) is 0.667. The molecule has 16 heavy (non-hydrogen) atoms. The molecule has 90 valence electrons. The second-order valence-corrected chi connectivity index (χ2v) is 4.12. The van der Waals surface area contributed by atoms with Crippen LogP contribution in [0.15, 0.2) is 22.8 Å². The normalized spacial score (nSPS) is 21.9. The van der Waals surface area contributed by atoms with E-state index in [1.54, 1.807) is 13.4 Å². The van der Waals surface area contributed by atoms with Crippen LogP contribution in [0.2, 0.25) is 0 Å². The maximum absolute atomic E-state index is 5.75. The number of ether oxygens (including phenoxy) is 2. The highest BCUT2D eigenvalue weighted by Crippen LogP contribution is 2.37. The van der Waals surface area contributed by atoms with Gasteiger partial charge in [-0.2, -0.15) is 0 Å². The summed E-state index contributed by atoms with van der Waals surface area (Å²) in [4.78, 5) is 0. The molecule has 4 nitrogen and oxygen atoms in total. The lowest BCUT2D eigenvalue weighted by Gasteiger charge is -2.41. The molecule has 1 saturated heterocycles. The van der Waals surface area contributed by atoms with Gasteiger partial charge in [-0.25, -0.2) is 0 Å². The number of nitrogens with one attached hydrogen (secondary N) is 1. The summed E-state index contributed by atoms with van der Waals surface area (Å²) >= 11 is 0. The quantitative estimate of drug-likeness (QED) is 0.847. The lowest BCUT2D eigenvalue weighted by molar-refractivity contribution is -0.113. The van der Waals surface area contributed by atoms with Gasteiger partial charge in [-0.3, -0.25) is 0 Å². The van der Waals surface area contributed by atoms with Crippen molar-refractivity contribution in [3.8, 4) is 0 Å². The van der Waals surface area contributed by atoms with Gasteiger partial charge in [0, 0.05) is 33.2 Å². The summed E-state index contributed by atoms with van der Waals surface area (Å²) in [5.74, 6) is 0.922. The summed E-state index contributed by atoms with van der Waals surface area (Å²) < 4.78 is 16.6. The second kappa shape index (κ2) is 4.99. The van der Waals surface area contributed by atoms with Gasteiger partial charge in [-0.05, 0) is 19.2 Å². The van der Waals surface area contributed by atoms with Crippen molar-refractivity contribution in [1.29, 1.82) is 0 Å². The zero-order valence-electron chi connectivity index (χ0n) is 9.86. The SMILES string of the molecule is CNC(c1ccco1)C1(OC)CCOCC1. The van der Waals surface area contributed by atoms with Crippen molar-refractivity contribution in [1.82, 2.24) is 5.32 Å². The Kier molecular flexibility index (Phi) is 3.63. The fourth-order valence-corrected chi connectivity index (χ4v) is 2.45. The van der Waals surface area contributed by atoms with Gasteiger partial charge >= 0.3 is 0 Å². The summed E-state index contributed by atoms with van der Waals surface area (Å²) in [6.07, 6.45) is 3.47. The minimum atomic E-state index is -0.217. The topological polar surface area (TPSA) is 43.6 Å². The van der Waals surface area contributed by atoms with Crippen molar-refractivity contribution in [2.75, 3.05) is 27.4 Å². The minimum absolute atomic E-state index is 0.0800. The van der Waals surface area contributed by atoms with E-state index in [9.17, 15) is 0 Å². The minimum Gasteiger partial charge on any atom is -0.468 e. The Hall–Kier alpha value is -0.840. The monoisotopic (exact) mass is 225 g/mol. The Morgan fingerprint density at radius 2 is 2.19 bits per heavy atom. The molecule has 1 N–H and O–H groups in total. The van der Waals surface area contributed by atoms with Crippen molar-refractivity contribution in [2.24, 2.45) is 0 Å². The molecule has 0 bridgehead atoms. The number of methoxy groups -OCH3 is 1. The van der Waals surface area contributed by atoms with Gasteiger partial charge in [-0.1, -0.05) is 0 Å². The number of hydrogen-bond donors (Lipinski definition) is 1. The fourth-order valence-electron chi connectivity index (χ4n) is 2.45. The molecule has 1 aliphatic rings. The summed E-state index contributed by atoms with van der Waals surface area (Å²) in [7, 11) is 3.70. The van der Waals surface area contributed by atoms with Gasteiger partial charge in [-0.15, -0.1) is 0 Å². The van der Waals surface area contributed by atoms with Crippen molar-refractivity contribution < 1.29 is 13.9 Å². The first kappa shape index (κ1) is 11.6. The average molecular weight is 225 g/mol. The average Bonchev–Trinajstić information content (AvgIpc) is 2.85. The van der Waals surface area contributed by atoms with Gasteiger partial charge in [0.25, 0.3) is 0 Å². The highest BCUT2D eigenvalue weighted by Gasteiger charge is 2.42. The molecule has 1 atom stereocenters. The molecule has 1 unspecified atom stereocenters. The second-order valence-electron chi connectivity index (χ2n) is 4.12. The molecule has 2 heterocycles. The van der Waals surface area contributed by atoms with Crippen molar-refractivity contribution in [3.63, 3.8) is 0 Å². The lowest BCUT2D eigenvalue weighted by atomic mass is 9.84. The van der Waals surface area contributed by atoms with Crippen LogP contribution in [-0.2, 0) is 9.47 Å². The van der Waals surface area contributed by atoms with E-state index in [0.717, 1.165) is 31.8 Å². The number of hydrogen-bond acceptors (Lipinski definition) is 4. The highest BCUT2D eigenvalue weighted by molar-refractivity contribution is 5.11. The summed E-state index contributed by atoms with van der Waals surface area (Å²) in [6.45, 7) is 1.49. The molecule has 2 rings (SSSR count). The van der Waals surface area contributed by atoms with Crippen LogP contribution in [0.1, 0.15) is 24.6 Å². The van der Waals surface area contributed by atoms with E-state index in [0.29, 0.717) is 0 Å². The van der Waals surface area contributed by atoms with Crippen LogP contribution in [0, 0.1) is 0 Å². The lowest BCUT2D eigenvalue weighted by Crippen LogP contribution is -2.48. The third-order valence-electron chi connectivity index (χ3n) is 3.39. The standard InChI is InChI=1S/C12H19NO3/c1-13-11(10-4-3-7-16-10)12(14-2)5-8-15-9-6-12/h3-4,7,11,13H,5-6,8-9H2,1-2H3. The molecular formula is C12H19NO3. The third kappa shape index (κ3) is 2.00. The van der Waals surface area contributed by atoms with Crippen molar-refractivity contribution >= 4 is 0 Å². The molecular weight excluding hydrogens is 206 g/mol. The number of rotatable bonds is 4. The Balaban J connectivity index is 2.23. The molecule has 1 aliphatic heterocycles. The van der Waals surface area contributed by atoms with Gasteiger partial charge < -0.3 is 19.2 Å². The molecule has 0 aliphatic carbocycles. The van der Waals surface area contributed by atoms with Crippen LogP contribution in [0.25, 0.3) is 0 Å². The van der Waals surface area contributed by atoms with Gasteiger partial charge in [0.2, 0.25) is 0 Å². The smallest absolute Gasteiger partial charge is 0.123 e. The third-order valence-corrected chi connectivity index (χ3v) is 3.39. The van der Waals surface area contributed by atoms with Crippen molar-refractivity contribution in [3.05, 3.63) is 24.2 Å². The predicted octanol–water partition coefficient (Wildman–Crippen LogP) is 1.74. The van der Waals surface area contributed by atoms with Crippen molar-refractivity contribution in [2.45, 2.75) is 24.5 Å². The molecule has 0 spiro atoms. The van der Waals surface area contributed by atoms with E-state index < -0.39 is 0 Å². The van der Waals surface area contributed by atoms with Gasteiger partial charge in [0.05, 0.1) is 17.9 Å².